The molecule has 1 aliphatic carbocycles. The lowest BCUT2D eigenvalue weighted by molar-refractivity contribution is 0.00446. The van der Waals surface area contributed by atoms with Crippen LogP contribution in [-0.4, -0.2) is 80.3 Å². The lowest BCUT2D eigenvalue weighted by atomic mass is 9.94. The number of aliphatic hydroxyl groups excluding tert-OH is 3. The van der Waals surface area contributed by atoms with Crippen molar-refractivity contribution in [1.82, 2.24) is 20.0 Å². The second-order valence-electron chi connectivity index (χ2n) is 10.1. The number of nitrogens with zero attached hydrogens (tertiary/aromatic N) is 4. The van der Waals surface area contributed by atoms with Gasteiger partial charge in [-0.1, -0.05) is 12.1 Å². The number of nitrogens with one attached hydrogen (secondary N) is 2. The molecule has 0 unspecified atom stereocenters. The van der Waals surface area contributed by atoms with Gasteiger partial charge in [0.05, 0.1) is 22.4 Å². The fourth-order valence-corrected chi connectivity index (χ4v) is 6.29. The fourth-order valence-electron chi connectivity index (χ4n) is 5.28. The average molecular weight is 543 g/mol. The van der Waals surface area contributed by atoms with Crippen molar-refractivity contribution in [3.8, 4) is 10.6 Å². The minimum Gasteiger partial charge on any atom is -0.401 e. The number of aliphatic hydroxyl groups is 3. The summed E-state index contributed by atoms with van der Waals surface area (Å²) < 4.78 is 0.935. The molecular formula is C25H34N8O4S. The normalized spacial score (nSPS) is 24.8. The zero-order chi connectivity index (χ0) is 27.0. The number of hydrazine groups is 1. The summed E-state index contributed by atoms with van der Waals surface area (Å²) in [7, 11) is 1.72. The highest BCUT2D eigenvalue weighted by Gasteiger charge is 2.41. The van der Waals surface area contributed by atoms with Crippen LogP contribution in [0.2, 0.25) is 0 Å². The largest absolute Gasteiger partial charge is 0.401 e. The van der Waals surface area contributed by atoms with E-state index < -0.39 is 24.2 Å². The number of fused-ring (bicyclic) bond motifs is 1. The van der Waals surface area contributed by atoms with Gasteiger partial charge in [0.1, 0.15) is 22.5 Å². The van der Waals surface area contributed by atoms with Crippen LogP contribution in [0.15, 0.2) is 41.0 Å². The smallest absolute Gasteiger partial charge is 0.264 e. The van der Waals surface area contributed by atoms with Crippen LogP contribution in [0.5, 0.6) is 0 Å². The van der Waals surface area contributed by atoms with Crippen LogP contribution in [0.1, 0.15) is 19.3 Å². The second-order valence-corrected chi connectivity index (χ2v) is 11.1. The van der Waals surface area contributed by atoms with Crippen LogP contribution in [-0.2, 0) is 0 Å². The van der Waals surface area contributed by atoms with Crippen LogP contribution in [0.3, 0.4) is 0 Å². The van der Waals surface area contributed by atoms with Crippen LogP contribution in [0.4, 0.5) is 11.8 Å². The fraction of sp³-hybridized carbons (Fsp3) is 0.480. The van der Waals surface area contributed by atoms with Crippen molar-refractivity contribution < 1.29 is 15.3 Å². The highest BCUT2D eigenvalue weighted by atomic mass is 32.1. The Morgan fingerprint density at radius 3 is 2.66 bits per heavy atom. The maximum atomic E-state index is 13.5. The van der Waals surface area contributed by atoms with E-state index in [0.717, 1.165) is 28.8 Å². The predicted octanol–water partition coefficient (Wildman–Crippen LogP) is 0.383. The maximum Gasteiger partial charge on any atom is 0.264 e. The van der Waals surface area contributed by atoms with Crippen LogP contribution < -0.4 is 27.4 Å². The van der Waals surface area contributed by atoms with Crippen molar-refractivity contribution >= 4 is 33.3 Å². The van der Waals surface area contributed by atoms with Crippen LogP contribution in [0.25, 0.3) is 20.8 Å². The molecule has 1 saturated carbocycles. The van der Waals surface area contributed by atoms with Gasteiger partial charge in [-0.3, -0.25) is 9.78 Å². The van der Waals surface area contributed by atoms with Gasteiger partial charge in [-0.05, 0) is 31.4 Å². The number of aromatic amines is 1. The third-order valence-electron chi connectivity index (χ3n) is 7.39. The lowest BCUT2D eigenvalue weighted by Gasteiger charge is -2.33. The highest BCUT2D eigenvalue weighted by molar-refractivity contribution is 7.21. The van der Waals surface area contributed by atoms with Gasteiger partial charge in [0, 0.05) is 50.5 Å². The molecule has 1 aliphatic heterocycles. The number of hydrogen-bond donors (Lipinski definition) is 7. The summed E-state index contributed by atoms with van der Waals surface area (Å²) in [5, 5.41) is 35.7. The van der Waals surface area contributed by atoms with Crippen molar-refractivity contribution in [3.05, 3.63) is 46.5 Å². The van der Waals surface area contributed by atoms with E-state index in [9.17, 15) is 20.1 Å². The lowest BCUT2D eigenvalue weighted by Crippen LogP contribution is -2.39. The average Bonchev–Trinajstić information content (AvgIpc) is 3.44. The van der Waals surface area contributed by atoms with E-state index in [4.69, 9.17) is 16.6 Å². The Kier molecular flexibility index (Phi) is 7.54. The SMILES string of the molecule is CN(N)/C=C(\N)C1CCN(c2nc(N[C@@H]3C[C@H](CO)[C@@H](O)[C@H]3O)c(-c3nc4ccccc4s3)c(=O)[nH]2)CC1. The number of thiazole rings is 1. The van der Waals surface area contributed by atoms with Crippen molar-refractivity contribution in [2.75, 3.05) is 37.0 Å². The monoisotopic (exact) mass is 542 g/mol. The van der Waals surface area contributed by atoms with Crippen molar-refractivity contribution in [2.45, 2.75) is 37.5 Å². The van der Waals surface area contributed by atoms with Crippen molar-refractivity contribution in [2.24, 2.45) is 23.4 Å². The summed E-state index contributed by atoms with van der Waals surface area (Å²) in [6, 6.07) is 7.03. The summed E-state index contributed by atoms with van der Waals surface area (Å²) in [4.78, 5) is 27.9. The van der Waals surface area contributed by atoms with Crippen LogP contribution >= 0.6 is 11.3 Å². The van der Waals surface area contributed by atoms with Crippen molar-refractivity contribution in [1.29, 1.82) is 0 Å². The number of H-pyrrole nitrogens is 1. The minimum absolute atomic E-state index is 0.175. The molecule has 3 aromatic rings. The van der Waals surface area contributed by atoms with Gasteiger partial charge in [0.25, 0.3) is 5.56 Å². The van der Waals surface area contributed by atoms with Gasteiger partial charge in [-0.15, -0.1) is 11.3 Å². The summed E-state index contributed by atoms with van der Waals surface area (Å²) in [6.45, 7) is 1.02. The molecule has 2 aromatic heterocycles. The Morgan fingerprint density at radius 1 is 1.26 bits per heavy atom. The first-order chi connectivity index (χ1) is 18.2. The number of para-hydroxylation sites is 1. The topological polar surface area (TPSA) is 190 Å². The van der Waals surface area contributed by atoms with E-state index >= 15 is 0 Å². The molecule has 9 N–H and O–H groups in total. The summed E-state index contributed by atoms with van der Waals surface area (Å²) in [6.07, 6.45) is 1.40. The molecule has 12 nitrogen and oxygen atoms in total. The Balaban J connectivity index is 1.48. The van der Waals surface area contributed by atoms with E-state index in [-0.39, 0.29) is 29.5 Å². The first-order valence-electron chi connectivity index (χ1n) is 12.7. The number of hydrogen-bond acceptors (Lipinski definition) is 12. The predicted molar refractivity (Wildman–Crippen MR) is 147 cm³/mol. The number of nitrogens with two attached hydrogens (primary N) is 2. The Morgan fingerprint density at radius 2 is 2.00 bits per heavy atom. The first kappa shape index (κ1) is 26.4. The number of rotatable bonds is 7. The molecule has 0 amide bonds. The molecule has 1 aromatic carbocycles. The molecule has 2 fully saturated rings. The van der Waals surface area contributed by atoms with E-state index in [1.807, 2.05) is 29.2 Å². The Bertz CT molecular complexity index is 1330. The zero-order valence-corrected chi connectivity index (χ0v) is 21.9. The number of benzene rings is 1. The molecule has 4 atom stereocenters. The molecule has 0 radical (unpaired) electrons. The molecule has 38 heavy (non-hydrogen) atoms. The van der Waals surface area contributed by atoms with Crippen molar-refractivity contribution in [3.63, 3.8) is 0 Å². The van der Waals surface area contributed by atoms with Gasteiger partial charge in [0.2, 0.25) is 5.95 Å². The third-order valence-corrected chi connectivity index (χ3v) is 8.45. The third kappa shape index (κ3) is 5.20. The highest BCUT2D eigenvalue weighted by Crippen LogP contribution is 2.35. The second kappa shape index (κ2) is 10.9. The molecule has 1 saturated heterocycles. The van der Waals surface area contributed by atoms with Gasteiger partial charge in [0.15, 0.2) is 0 Å². The standard InChI is InChI=1S/C25H34N8O4S/c1-32(27)11-15(26)13-6-8-33(9-7-13)25-30-22(28-17-10-14(12-34)20(35)21(17)36)19(23(37)31-25)24-29-16-4-2-3-5-18(16)38-24/h2-5,11,13-14,17,20-21,34-36H,6-10,12,26-27H2,1H3,(H2,28,30,31,37)/b15-11-/t14-,17-,20-,21+/m1/s1. The van der Waals surface area contributed by atoms with E-state index in [2.05, 4.69) is 15.3 Å². The maximum absolute atomic E-state index is 13.5. The minimum atomic E-state index is -1.12. The first-order valence-corrected chi connectivity index (χ1v) is 13.5. The van der Waals surface area contributed by atoms with E-state index in [0.29, 0.717) is 30.5 Å². The van der Waals surface area contributed by atoms with Gasteiger partial charge in [-0.2, -0.15) is 4.98 Å². The molecule has 0 bridgehead atoms. The van der Waals surface area contributed by atoms with Crippen LogP contribution in [0, 0.1) is 11.8 Å². The molecule has 0 spiro atoms. The summed E-state index contributed by atoms with van der Waals surface area (Å²) >= 11 is 1.38. The van der Waals surface area contributed by atoms with E-state index in [1.165, 1.54) is 16.3 Å². The van der Waals surface area contributed by atoms with Gasteiger partial charge in [-0.25, -0.2) is 10.8 Å². The van der Waals surface area contributed by atoms with Gasteiger partial charge < -0.3 is 36.3 Å². The summed E-state index contributed by atoms with van der Waals surface area (Å²) in [5.74, 6) is 6.09. The molecule has 5 rings (SSSR count). The zero-order valence-electron chi connectivity index (χ0n) is 21.1. The number of piperidine rings is 1. The number of allylic oxidation sites excluding steroid dienone is 1. The van der Waals surface area contributed by atoms with Gasteiger partial charge >= 0.3 is 0 Å². The van der Waals surface area contributed by atoms with E-state index in [1.54, 1.807) is 13.2 Å². The molecule has 2 aliphatic rings. The number of aromatic nitrogens is 3. The Hall–Kier alpha value is -3.23. The molecule has 3 heterocycles. The molecular weight excluding hydrogens is 508 g/mol. The number of anilines is 2. The quantitative estimate of drug-likeness (QED) is 0.161. The Labute approximate surface area is 223 Å². The molecule has 204 valence electrons. The molecule has 13 heteroatoms. The summed E-state index contributed by atoms with van der Waals surface area (Å²) in [5.41, 5.74) is 7.62.